The summed E-state index contributed by atoms with van der Waals surface area (Å²) in [4.78, 5) is 26.1. The van der Waals surface area contributed by atoms with E-state index in [1.165, 1.54) is 4.68 Å². The van der Waals surface area contributed by atoms with Gasteiger partial charge in [-0.15, -0.1) is 0 Å². The molecule has 30 heavy (non-hydrogen) atoms. The smallest absolute Gasteiger partial charge is 0.271 e. The Labute approximate surface area is 184 Å². The number of ether oxygens (including phenoxy) is 1. The number of hydrogen-bond acceptors (Lipinski definition) is 4. The van der Waals surface area contributed by atoms with Crippen molar-refractivity contribution >= 4 is 27.5 Å². The molecule has 0 saturated carbocycles. The van der Waals surface area contributed by atoms with Gasteiger partial charge in [-0.25, -0.2) is 4.68 Å². The number of aromatic nitrogens is 2. The van der Waals surface area contributed by atoms with Crippen molar-refractivity contribution in [2.75, 3.05) is 12.4 Å². The Hall–Kier alpha value is -2.93. The Balaban J connectivity index is 1.90. The Morgan fingerprint density at radius 3 is 2.60 bits per heavy atom. The maximum absolute atomic E-state index is 13.2. The lowest BCUT2D eigenvalue weighted by Gasteiger charge is -2.18. The Morgan fingerprint density at radius 1 is 1.20 bits per heavy atom. The quantitative estimate of drug-likeness (QED) is 0.552. The summed E-state index contributed by atoms with van der Waals surface area (Å²) in [6.07, 6.45) is 0.876. The number of methoxy groups -OCH3 is 1. The molecule has 0 fully saturated rings. The number of anilines is 1. The number of carbonyl (C=O) groups excluding carboxylic acids is 1. The number of carbonyl (C=O) groups is 1. The van der Waals surface area contributed by atoms with Gasteiger partial charge in [0.05, 0.1) is 12.8 Å². The van der Waals surface area contributed by atoms with Crippen LogP contribution in [-0.4, -0.2) is 22.8 Å². The van der Waals surface area contributed by atoms with Gasteiger partial charge in [0.1, 0.15) is 11.8 Å². The molecule has 156 valence electrons. The number of rotatable bonds is 7. The van der Waals surface area contributed by atoms with Crippen LogP contribution in [0.3, 0.4) is 0 Å². The fourth-order valence-electron chi connectivity index (χ4n) is 3.27. The number of nitrogens with one attached hydrogen (secondary N) is 1. The van der Waals surface area contributed by atoms with E-state index in [2.05, 4.69) is 26.3 Å². The van der Waals surface area contributed by atoms with E-state index < -0.39 is 6.04 Å². The lowest BCUT2D eigenvalue weighted by atomic mass is 10.1. The number of halogens is 1. The second-order valence-electron chi connectivity index (χ2n) is 7.01. The van der Waals surface area contributed by atoms with Crippen LogP contribution in [0.15, 0.2) is 63.9 Å². The van der Waals surface area contributed by atoms with Crippen molar-refractivity contribution < 1.29 is 9.53 Å². The molecule has 0 bridgehead atoms. The van der Waals surface area contributed by atoms with Crippen molar-refractivity contribution in [3.63, 3.8) is 0 Å². The third-order valence-corrected chi connectivity index (χ3v) is 5.29. The lowest BCUT2D eigenvalue weighted by molar-refractivity contribution is -0.119. The molecule has 0 aliphatic heterocycles. The van der Waals surface area contributed by atoms with Gasteiger partial charge < -0.3 is 10.1 Å². The van der Waals surface area contributed by atoms with Gasteiger partial charge in [-0.3, -0.25) is 9.59 Å². The van der Waals surface area contributed by atoms with Crippen LogP contribution in [0, 0.1) is 6.92 Å². The first-order valence-corrected chi connectivity index (χ1v) is 10.5. The van der Waals surface area contributed by atoms with E-state index in [1.54, 1.807) is 25.3 Å². The fraction of sp³-hybridized carbons (Fsp3) is 0.261. The SMILES string of the molecule is CCC(C(=O)Nc1ccc(Br)cc1)n1nc(C)cc(Cc2cccc(OC)c2)c1=O. The van der Waals surface area contributed by atoms with Gasteiger partial charge in [0, 0.05) is 22.1 Å². The predicted octanol–water partition coefficient (Wildman–Crippen LogP) is 4.50. The zero-order chi connectivity index (χ0) is 21.7. The van der Waals surface area contributed by atoms with Crippen LogP contribution in [0.4, 0.5) is 5.69 Å². The standard InChI is InChI=1S/C23H24BrN3O3/c1-4-21(22(28)25-19-10-8-18(24)9-11-19)27-23(29)17(12-15(2)26-27)13-16-6-5-7-20(14-16)30-3/h5-12,14,21H,4,13H2,1-3H3,(H,25,28). The molecule has 0 saturated heterocycles. The molecule has 2 aromatic carbocycles. The minimum absolute atomic E-state index is 0.263. The summed E-state index contributed by atoms with van der Waals surface area (Å²) in [6.45, 7) is 3.69. The summed E-state index contributed by atoms with van der Waals surface area (Å²) >= 11 is 3.38. The van der Waals surface area contributed by atoms with E-state index in [0.29, 0.717) is 29.8 Å². The summed E-state index contributed by atoms with van der Waals surface area (Å²) in [5.41, 5.74) is 2.63. The second kappa shape index (κ2) is 9.71. The van der Waals surface area contributed by atoms with Gasteiger partial charge in [0.25, 0.3) is 5.56 Å². The summed E-state index contributed by atoms with van der Waals surface area (Å²) in [7, 11) is 1.61. The van der Waals surface area contributed by atoms with E-state index in [-0.39, 0.29) is 11.5 Å². The Bertz CT molecular complexity index is 1090. The molecule has 0 radical (unpaired) electrons. The highest BCUT2D eigenvalue weighted by Gasteiger charge is 2.22. The number of aryl methyl sites for hydroxylation is 1. The van der Waals surface area contributed by atoms with Gasteiger partial charge in [-0.05, 0) is 61.4 Å². The average molecular weight is 470 g/mol. The fourth-order valence-corrected chi connectivity index (χ4v) is 3.54. The zero-order valence-corrected chi connectivity index (χ0v) is 18.8. The molecule has 7 heteroatoms. The molecule has 3 rings (SSSR count). The topological polar surface area (TPSA) is 73.2 Å². The van der Waals surface area contributed by atoms with Crippen LogP contribution in [0.5, 0.6) is 5.75 Å². The van der Waals surface area contributed by atoms with Crippen LogP contribution in [0.1, 0.15) is 36.2 Å². The van der Waals surface area contributed by atoms with Crippen molar-refractivity contribution in [1.82, 2.24) is 9.78 Å². The van der Waals surface area contributed by atoms with E-state index in [0.717, 1.165) is 15.8 Å². The molecule has 0 spiro atoms. The van der Waals surface area contributed by atoms with Crippen LogP contribution >= 0.6 is 15.9 Å². The highest BCUT2D eigenvalue weighted by atomic mass is 79.9. The molecule has 0 aliphatic rings. The van der Waals surface area contributed by atoms with E-state index in [1.807, 2.05) is 50.2 Å². The zero-order valence-electron chi connectivity index (χ0n) is 17.2. The van der Waals surface area contributed by atoms with E-state index in [9.17, 15) is 9.59 Å². The van der Waals surface area contributed by atoms with Crippen molar-refractivity contribution in [3.8, 4) is 5.75 Å². The molecule has 1 amide bonds. The minimum Gasteiger partial charge on any atom is -0.497 e. The molecule has 3 aromatic rings. The Kier molecular flexibility index (Phi) is 7.05. The number of hydrogen-bond donors (Lipinski definition) is 1. The highest BCUT2D eigenvalue weighted by Crippen LogP contribution is 2.18. The third-order valence-electron chi connectivity index (χ3n) is 4.76. The van der Waals surface area contributed by atoms with Crippen LogP contribution in [0.2, 0.25) is 0 Å². The Morgan fingerprint density at radius 2 is 1.93 bits per heavy atom. The van der Waals surface area contributed by atoms with Gasteiger partial charge in [0.15, 0.2) is 0 Å². The average Bonchev–Trinajstić information content (AvgIpc) is 2.73. The molecule has 6 nitrogen and oxygen atoms in total. The van der Waals surface area contributed by atoms with Crippen LogP contribution in [0.25, 0.3) is 0 Å². The minimum atomic E-state index is -0.704. The van der Waals surface area contributed by atoms with Crippen molar-refractivity contribution in [2.24, 2.45) is 0 Å². The second-order valence-corrected chi connectivity index (χ2v) is 7.92. The van der Waals surface area contributed by atoms with Crippen LogP contribution in [-0.2, 0) is 11.2 Å². The number of nitrogens with zero attached hydrogens (tertiary/aromatic N) is 2. The van der Waals surface area contributed by atoms with E-state index >= 15 is 0 Å². The molecule has 0 aliphatic carbocycles. The monoisotopic (exact) mass is 469 g/mol. The van der Waals surface area contributed by atoms with Gasteiger partial charge in [0.2, 0.25) is 5.91 Å². The molecule has 1 N–H and O–H groups in total. The van der Waals surface area contributed by atoms with E-state index in [4.69, 9.17) is 4.74 Å². The summed E-state index contributed by atoms with van der Waals surface area (Å²) in [5.74, 6) is 0.464. The molecule has 1 aromatic heterocycles. The maximum Gasteiger partial charge on any atom is 0.271 e. The predicted molar refractivity (Wildman–Crippen MR) is 121 cm³/mol. The van der Waals surface area contributed by atoms with Gasteiger partial charge in [-0.2, -0.15) is 5.10 Å². The van der Waals surface area contributed by atoms with Crippen molar-refractivity contribution in [3.05, 3.63) is 86.2 Å². The maximum atomic E-state index is 13.2. The van der Waals surface area contributed by atoms with Crippen molar-refractivity contribution in [2.45, 2.75) is 32.7 Å². The highest BCUT2D eigenvalue weighted by molar-refractivity contribution is 9.10. The molecule has 1 heterocycles. The van der Waals surface area contributed by atoms with Crippen molar-refractivity contribution in [1.29, 1.82) is 0 Å². The summed E-state index contributed by atoms with van der Waals surface area (Å²) in [5, 5.41) is 7.24. The lowest BCUT2D eigenvalue weighted by Crippen LogP contribution is -2.36. The first kappa shape index (κ1) is 21.8. The number of amides is 1. The summed E-state index contributed by atoms with van der Waals surface area (Å²) < 4.78 is 7.50. The normalized spacial score (nSPS) is 11.7. The molecule has 1 unspecified atom stereocenters. The molecule has 1 atom stereocenters. The number of benzene rings is 2. The summed E-state index contributed by atoms with van der Waals surface area (Å²) in [6, 6.07) is 16.0. The van der Waals surface area contributed by atoms with Crippen LogP contribution < -0.4 is 15.6 Å². The molecular formula is C23H24BrN3O3. The molecular weight excluding hydrogens is 446 g/mol. The third kappa shape index (κ3) is 5.16. The van der Waals surface area contributed by atoms with Gasteiger partial charge >= 0.3 is 0 Å². The first-order chi connectivity index (χ1) is 14.4. The first-order valence-electron chi connectivity index (χ1n) is 9.70. The largest absolute Gasteiger partial charge is 0.497 e. The van der Waals surface area contributed by atoms with Gasteiger partial charge in [-0.1, -0.05) is 35.0 Å².